The lowest BCUT2D eigenvalue weighted by Crippen LogP contribution is -2.26. The number of aryl methyl sites for hydroxylation is 1. The van der Waals surface area contributed by atoms with Crippen LogP contribution < -0.4 is 11.1 Å². The summed E-state index contributed by atoms with van der Waals surface area (Å²) in [5, 5.41) is 12.6. The van der Waals surface area contributed by atoms with Gasteiger partial charge < -0.3 is 16.2 Å². The van der Waals surface area contributed by atoms with Gasteiger partial charge in [0.15, 0.2) is 0 Å². The molecule has 0 saturated heterocycles. The summed E-state index contributed by atoms with van der Waals surface area (Å²) in [5.74, 6) is 1.16. The van der Waals surface area contributed by atoms with Crippen molar-refractivity contribution in [1.82, 2.24) is 4.98 Å². The summed E-state index contributed by atoms with van der Waals surface area (Å²) in [6.07, 6.45) is 5.14. The van der Waals surface area contributed by atoms with Crippen molar-refractivity contribution in [3.8, 4) is 0 Å². The molecule has 0 spiro atoms. The number of nitrogens with two attached hydrogens (primary N) is 1. The number of anilines is 2. The maximum Gasteiger partial charge on any atom is 0.128 e. The molecule has 0 bridgehead atoms. The molecule has 0 aromatic carbocycles. The predicted octanol–water partition coefficient (Wildman–Crippen LogP) is 1.55. The van der Waals surface area contributed by atoms with Gasteiger partial charge in [0.05, 0.1) is 0 Å². The number of pyridine rings is 1. The lowest BCUT2D eigenvalue weighted by atomic mass is 10.1. The fraction of sp³-hybridized carbons (Fsp3) is 0.583. The highest BCUT2D eigenvalue weighted by Crippen LogP contribution is 2.28. The molecule has 1 fully saturated rings. The van der Waals surface area contributed by atoms with Gasteiger partial charge in [0, 0.05) is 36.5 Å². The number of rotatable bonds is 3. The summed E-state index contributed by atoms with van der Waals surface area (Å²) in [4.78, 5) is 4.30. The molecule has 1 heterocycles. The smallest absolute Gasteiger partial charge is 0.128 e. The Balaban J connectivity index is 2.05. The van der Waals surface area contributed by atoms with Crippen molar-refractivity contribution in [3.05, 3.63) is 17.8 Å². The zero-order chi connectivity index (χ0) is 11.5. The number of hydrogen-bond donors (Lipinski definition) is 3. The van der Waals surface area contributed by atoms with E-state index < -0.39 is 0 Å². The number of nitrogen functional groups attached to an aromatic ring is 1. The molecular weight excluding hydrogens is 202 g/mol. The maximum absolute atomic E-state index is 9.23. The molecule has 2 unspecified atom stereocenters. The van der Waals surface area contributed by atoms with Gasteiger partial charge in [0.2, 0.25) is 0 Å². The van der Waals surface area contributed by atoms with Crippen LogP contribution in [0.3, 0.4) is 0 Å². The van der Waals surface area contributed by atoms with Crippen LogP contribution in [-0.2, 0) is 0 Å². The lowest BCUT2D eigenvalue weighted by Gasteiger charge is -2.19. The summed E-state index contributed by atoms with van der Waals surface area (Å²) >= 11 is 0. The largest absolute Gasteiger partial charge is 0.398 e. The maximum atomic E-state index is 9.23. The van der Waals surface area contributed by atoms with Crippen molar-refractivity contribution in [3.63, 3.8) is 0 Å². The third-order valence-corrected chi connectivity index (χ3v) is 3.37. The predicted molar refractivity (Wildman–Crippen MR) is 65.2 cm³/mol. The molecule has 0 amide bonds. The van der Waals surface area contributed by atoms with Crippen LogP contribution in [0.15, 0.2) is 12.3 Å². The molecule has 4 N–H and O–H groups in total. The number of nitrogens with one attached hydrogen (secondary N) is 1. The second kappa shape index (κ2) is 4.70. The Morgan fingerprint density at radius 1 is 1.56 bits per heavy atom. The van der Waals surface area contributed by atoms with E-state index in [4.69, 9.17) is 5.73 Å². The van der Waals surface area contributed by atoms with Gasteiger partial charge in [-0.25, -0.2) is 4.98 Å². The van der Waals surface area contributed by atoms with Gasteiger partial charge in [-0.3, -0.25) is 0 Å². The number of aliphatic hydroxyl groups is 1. The molecule has 4 heteroatoms. The van der Waals surface area contributed by atoms with Gasteiger partial charge in [-0.2, -0.15) is 0 Å². The first-order chi connectivity index (χ1) is 7.70. The first kappa shape index (κ1) is 11.2. The highest BCUT2D eigenvalue weighted by molar-refractivity contribution is 5.53. The number of nitrogens with zero attached hydrogens (tertiary/aromatic N) is 1. The Labute approximate surface area is 95.9 Å². The van der Waals surface area contributed by atoms with Crippen LogP contribution in [0, 0.1) is 12.8 Å². The Morgan fingerprint density at radius 2 is 2.38 bits per heavy atom. The summed E-state index contributed by atoms with van der Waals surface area (Å²) in [7, 11) is 0. The van der Waals surface area contributed by atoms with E-state index in [2.05, 4.69) is 10.3 Å². The molecule has 0 radical (unpaired) electrons. The Hall–Kier alpha value is -1.29. The molecule has 1 saturated carbocycles. The van der Waals surface area contributed by atoms with Crippen molar-refractivity contribution in [2.45, 2.75) is 32.2 Å². The first-order valence-corrected chi connectivity index (χ1v) is 5.80. The minimum absolute atomic E-state index is 0.249. The molecule has 0 aliphatic heterocycles. The van der Waals surface area contributed by atoms with E-state index in [0.29, 0.717) is 12.0 Å². The molecule has 88 valence electrons. The summed E-state index contributed by atoms with van der Waals surface area (Å²) in [6, 6.07) is 2.20. The van der Waals surface area contributed by atoms with Crippen LogP contribution in [0.25, 0.3) is 0 Å². The zero-order valence-corrected chi connectivity index (χ0v) is 9.61. The van der Waals surface area contributed by atoms with Gasteiger partial charge in [-0.15, -0.1) is 0 Å². The second-order valence-electron chi connectivity index (χ2n) is 4.55. The Kier molecular flexibility index (Phi) is 3.29. The molecule has 4 nitrogen and oxygen atoms in total. The average Bonchev–Trinajstić information content (AvgIpc) is 2.71. The van der Waals surface area contributed by atoms with E-state index in [1.54, 1.807) is 6.20 Å². The molecule has 1 aliphatic carbocycles. The van der Waals surface area contributed by atoms with E-state index in [-0.39, 0.29) is 6.61 Å². The van der Waals surface area contributed by atoms with Crippen LogP contribution >= 0.6 is 0 Å². The fourth-order valence-electron chi connectivity index (χ4n) is 2.25. The normalized spacial score (nSPS) is 24.6. The number of aromatic nitrogens is 1. The lowest BCUT2D eigenvalue weighted by molar-refractivity contribution is 0.222. The van der Waals surface area contributed by atoms with Crippen molar-refractivity contribution in [2.75, 3.05) is 17.7 Å². The number of hydrogen-bond acceptors (Lipinski definition) is 4. The standard InChI is InChI=1S/C12H19N3O/c1-8-6-14-12(5-10(8)13)15-11-4-2-3-9(11)7-16/h5-6,9,11,16H,2-4,7H2,1H3,(H3,13,14,15). The van der Waals surface area contributed by atoms with E-state index in [0.717, 1.165) is 29.9 Å². The monoisotopic (exact) mass is 221 g/mol. The van der Waals surface area contributed by atoms with Crippen molar-refractivity contribution in [2.24, 2.45) is 5.92 Å². The molecule has 2 atom stereocenters. The molecule has 1 aliphatic rings. The van der Waals surface area contributed by atoms with Crippen LogP contribution in [0.5, 0.6) is 0 Å². The quantitative estimate of drug-likeness (QED) is 0.724. The van der Waals surface area contributed by atoms with Crippen molar-refractivity contribution < 1.29 is 5.11 Å². The second-order valence-corrected chi connectivity index (χ2v) is 4.55. The minimum Gasteiger partial charge on any atom is -0.398 e. The zero-order valence-electron chi connectivity index (χ0n) is 9.61. The number of aliphatic hydroxyl groups excluding tert-OH is 1. The highest BCUT2D eigenvalue weighted by atomic mass is 16.3. The Morgan fingerprint density at radius 3 is 3.06 bits per heavy atom. The summed E-state index contributed by atoms with van der Waals surface area (Å²) < 4.78 is 0. The van der Waals surface area contributed by atoms with Crippen LogP contribution in [0.4, 0.5) is 11.5 Å². The fourth-order valence-corrected chi connectivity index (χ4v) is 2.25. The molecular formula is C12H19N3O. The van der Waals surface area contributed by atoms with Gasteiger partial charge in [-0.05, 0) is 25.3 Å². The topological polar surface area (TPSA) is 71.2 Å². The summed E-state index contributed by atoms with van der Waals surface area (Å²) in [6.45, 7) is 2.19. The third-order valence-electron chi connectivity index (χ3n) is 3.37. The van der Waals surface area contributed by atoms with E-state index in [9.17, 15) is 5.11 Å². The molecule has 1 aromatic rings. The Bertz CT molecular complexity index is 367. The van der Waals surface area contributed by atoms with Gasteiger partial charge in [0.25, 0.3) is 0 Å². The minimum atomic E-state index is 0.249. The van der Waals surface area contributed by atoms with Crippen LogP contribution in [0.2, 0.25) is 0 Å². The van der Waals surface area contributed by atoms with Gasteiger partial charge in [0.1, 0.15) is 5.82 Å². The van der Waals surface area contributed by atoms with E-state index >= 15 is 0 Å². The molecule has 16 heavy (non-hydrogen) atoms. The average molecular weight is 221 g/mol. The molecule has 1 aromatic heterocycles. The van der Waals surface area contributed by atoms with Gasteiger partial charge in [-0.1, -0.05) is 6.42 Å². The van der Waals surface area contributed by atoms with E-state index in [1.165, 1.54) is 6.42 Å². The highest BCUT2D eigenvalue weighted by Gasteiger charge is 2.26. The summed E-state index contributed by atoms with van der Waals surface area (Å²) in [5.41, 5.74) is 7.59. The van der Waals surface area contributed by atoms with Crippen molar-refractivity contribution in [1.29, 1.82) is 0 Å². The SMILES string of the molecule is Cc1cnc(NC2CCCC2CO)cc1N. The first-order valence-electron chi connectivity index (χ1n) is 5.80. The van der Waals surface area contributed by atoms with E-state index in [1.807, 2.05) is 13.0 Å². The van der Waals surface area contributed by atoms with Gasteiger partial charge >= 0.3 is 0 Å². The van der Waals surface area contributed by atoms with Crippen molar-refractivity contribution >= 4 is 11.5 Å². The third kappa shape index (κ3) is 2.27. The molecule has 2 rings (SSSR count). The van der Waals surface area contributed by atoms with Crippen LogP contribution in [0.1, 0.15) is 24.8 Å². The van der Waals surface area contributed by atoms with Crippen LogP contribution in [-0.4, -0.2) is 22.7 Å².